The second-order valence-electron chi connectivity index (χ2n) is 4.09. The van der Waals surface area contributed by atoms with Gasteiger partial charge in [-0.1, -0.05) is 0 Å². The van der Waals surface area contributed by atoms with E-state index in [1.165, 1.54) is 25.7 Å². The largest absolute Gasteiger partial charge is 0.381 e. The molecule has 0 spiro atoms. The van der Waals surface area contributed by atoms with E-state index in [-0.39, 0.29) is 0 Å². The first-order chi connectivity index (χ1) is 5.40. The molecule has 0 aromatic rings. The molecule has 0 amide bonds. The molecule has 0 saturated heterocycles. The molecule has 2 fully saturated rings. The molecule has 2 saturated carbocycles. The van der Waals surface area contributed by atoms with E-state index in [2.05, 4.69) is 6.92 Å². The monoisotopic (exact) mass is 154 g/mol. The molecular formula is C10H18O. The lowest BCUT2D eigenvalue weighted by molar-refractivity contribution is 0.0929. The van der Waals surface area contributed by atoms with Crippen LogP contribution in [0.3, 0.4) is 0 Å². The maximum Gasteiger partial charge on any atom is 0.0494 e. The van der Waals surface area contributed by atoms with Crippen LogP contribution < -0.4 is 0 Å². The van der Waals surface area contributed by atoms with Crippen LogP contribution in [0.5, 0.6) is 0 Å². The van der Waals surface area contributed by atoms with Crippen molar-refractivity contribution in [1.82, 2.24) is 0 Å². The lowest BCUT2D eigenvalue weighted by atomic mass is 9.90. The fraction of sp³-hybridized carbons (Fsp3) is 1.00. The Morgan fingerprint density at radius 2 is 2.09 bits per heavy atom. The van der Waals surface area contributed by atoms with E-state index in [0.29, 0.717) is 0 Å². The maximum atomic E-state index is 5.44. The minimum atomic E-state index is 0.893. The van der Waals surface area contributed by atoms with Crippen molar-refractivity contribution in [3.05, 3.63) is 0 Å². The number of ether oxygens (including phenoxy) is 1. The van der Waals surface area contributed by atoms with Crippen LogP contribution in [0.2, 0.25) is 0 Å². The van der Waals surface area contributed by atoms with Crippen molar-refractivity contribution in [1.29, 1.82) is 0 Å². The van der Waals surface area contributed by atoms with Crippen molar-refractivity contribution in [3.8, 4) is 0 Å². The van der Waals surface area contributed by atoms with Crippen LogP contribution in [0.4, 0.5) is 0 Å². The summed E-state index contributed by atoms with van der Waals surface area (Å²) in [6, 6.07) is 0. The van der Waals surface area contributed by atoms with Crippen LogP contribution in [0.1, 0.15) is 32.6 Å². The average Bonchev–Trinajstić information content (AvgIpc) is 2.78. The normalized spacial score (nSPS) is 41.7. The lowest BCUT2D eigenvalue weighted by Gasteiger charge is -2.20. The highest BCUT2D eigenvalue weighted by Gasteiger charge is 2.41. The van der Waals surface area contributed by atoms with Gasteiger partial charge in [-0.2, -0.15) is 0 Å². The summed E-state index contributed by atoms with van der Waals surface area (Å²) in [5, 5.41) is 0. The molecule has 3 unspecified atom stereocenters. The van der Waals surface area contributed by atoms with Gasteiger partial charge in [0.15, 0.2) is 0 Å². The molecule has 2 aliphatic carbocycles. The van der Waals surface area contributed by atoms with E-state index in [0.717, 1.165) is 31.0 Å². The minimum absolute atomic E-state index is 0.893. The molecule has 2 aliphatic rings. The fourth-order valence-electron chi connectivity index (χ4n) is 2.38. The Balaban J connectivity index is 1.68. The van der Waals surface area contributed by atoms with E-state index in [1.807, 2.05) is 0 Å². The van der Waals surface area contributed by atoms with E-state index < -0.39 is 0 Å². The predicted octanol–water partition coefficient (Wildman–Crippen LogP) is 2.46. The molecule has 64 valence electrons. The van der Waals surface area contributed by atoms with Crippen LogP contribution in [0.25, 0.3) is 0 Å². The van der Waals surface area contributed by atoms with Gasteiger partial charge in [-0.3, -0.25) is 0 Å². The van der Waals surface area contributed by atoms with Crippen molar-refractivity contribution in [2.75, 3.05) is 13.2 Å². The number of rotatable bonds is 3. The van der Waals surface area contributed by atoms with Crippen LogP contribution in [-0.4, -0.2) is 13.2 Å². The smallest absolute Gasteiger partial charge is 0.0494 e. The third kappa shape index (κ3) is 1.76. The van der Waals surface area contributed by atoms with Crippen LogP contribution in [0.15, 0.2) is 0 Å². The molecule has 3 atom stereocenters. The van der Waals surface area contributed by atoms with Gasteiger partial charge in [0.05, 0.1) is 0 Å². The molecule has 0 bridgehead atoms. The molecule has 0 aromatic carbocycles. The Bertz CT molecular complexity index is 133. The summed E-state index contributed by atoms with van der Waals surface area (Å²) in [5.41, 5.74) is 0. The minimum Gasteiger partial charge on any atom is -0.381 e. The molecule has 0 radical (unpaired) electrons. The zero-order chi connectivity index (χ0) is 7.68. The Morgan fingerprint density at radius 3 is 2.82 bits per heavy atom. The highest BCUT2D eigenvalue weighted by atomic mass is 16.5. The van der Waals surface area contributed by atoms with Gasteiger partial charge in [0.2, 0.25) is 0 Å². The van der Waals surface area contributed by atoms with Crippen molar-refractivity contribution < 1.29 is 4.74 Å². The molecule has 0 aromatic heterocycles. The SMILES string of the molecule is CCOCC1CCC2CC2C1. The Morgan fingerprint density at radius 1 is 1.18 bits per heavy atom. The zero-order valence-electron chi connectivity index (χ0n) is 7.38. The maximum absolute atomic E-state index is 5.44. The standard InChI is InChI=1S/C10H18O/c1-2-11-7-8-3-4-9-6-10(9)5-8/h8-10H,2-7H2,1H3. The van der Waals surface area contributed by atoms with Gasteiger partial charge in [-0.05, 0) is 50.4 Å². The van der Waals surface area contributed by atoms with Gasteiger partial charge in [0.1, 0.15) is 0 Å². The summed E-state index contributed by atoms with van der Waals surface area (Å²) in [7, 11) is 0. The van der Waals surface area contributed by atoms with Crippen LogP contribution >= 0.6 is 0 Å². The van der Waals surface area contributed by atoms with E-state index in [4.69, 9.17) is 4.74 Å². The third-order valence-corrected chi connectivity index (χ3v) is 3.21. The molecule has 11 heavy (non-hydrogen) atoms. The summed E-state index contributed by atoms with van der Waals surface area (Å²) in [4.78, 5) is 0. The first-order valence-corrected chi connectivity index (χ1v) is 4.98. The molecule has 0 heterocycles. The van der Waals surface area contributed by atoms with Gasteiger partial charge in [-0.15, -0.1) is 0 Å². The first-order valence-electron chi connectivity index (χ1n) is 4.98. The number of fused-ring (bicyclic) bond motifs is 1. The molecule has 0 N–H and O–H groups in total. The summed E-state index contributed by atoms with van der Waals surface area (Å²) in [5.74, 6) is 3.14. The summed E-state index contributed by atoms with van der Waals surface area (Å²) >= 11 is 0. The molecular weight excluding hydrogens is 136 g/mol. The summed E-state index contributed by atoms with van der Waals surface area (Å²) < 4.78 is 5.44. The Labute approximate surface area is 69.1 Å². The molecule has 1 heteroatoms. The highest BCUT2D eigenvalue weighted by Crippen LogP contribution is 2.51. The van der Waals surface area contributed by atoms with Crippen molar-refractivity contribution in [2.45, 2.75) is 32.6 Å². The quantitative estimate of drug-likeness (QED) is 0.606. The fourth-order valence-corrected chi connectivity index (χ4v) is 2.38. The highest BCUT2D eigenvalue weighted by molar-refractivity contribution is 4.92. The first kappa shape index (κ1) is 7.60. The zero-order valence-corrected chi connectivity index (χ0v) is 7.38. The Hall–Kier alpha value is -0.0400. The van der Waals surface area contributed by atoms with Gasteiger partial charge in [-0.25, -0.2) is 0 Å². The summed E-state index contributed by atoms with van der Waals surface area (Å²) in [6.07, 6.45) is 5.91. The topological polar surface area (TPSA) is 9.23 Å². The third-order valence-electron chi connectivity index (χ3n) is 3.21. The van der Waals surface area contributed by atoms with Gasteiger partial charge in [0.25, 0.3) is 0 Å². The Kier molecular flexibility index (Phi) is 2.17. The van der Waals surface area contributed by atoms with Gasteiger partial charge >= 0.3 is 0 Å². The second kappa shape index (κ2) is 3.14. The van der Waals surface area contributed by atoms with Crippen LogP contribution in [-0.2, 0) is 4.74 Å². The molecule has 0 aliphatic heterocycles. The van der Waals surface area contributed by atoms with Gasteiger partial charge in [0, 0.05) is 13.2 Å². The predicted molar refractivity (Wildman–Crippen MR) is 45.4 cm³/mol. The van der Waals surface area contributed by atoms with Crippen LogP contribution in [0, 0.1) is 17.8 Å². The number of hydrogen-bond acceptors (Lipinski definition) is 1. The van der Waals surface area contributed by atoms with Crippen molar-refractivity contribution >= 4 is 0 Å². The summed E-state index contributed by atoms with van der Waals surface area (Å²) in [6.45, 7) is 4.01. The van der Waals surface area contributed by atoms with E-state index in [1.54, 1.807) is 0 Å². The van der Waals surface area contributed by atoms with E-state index >= 15 is 0 Å². The van der Waals surface area contributed by atoms with E-state index in [9.17, 15) is 0 Å². The average molecular weight is 154 g/mol. The second-order valence-corrected chi connectivity index (χ2v) is 4.09. The van der Waals surface area contributed by atoms with Gasteiger partial charge < -0.3 is 4.74 Å². The van der Waals surface area contributed by atoms with Crippen molar-refractivity contribution in [3.63, 3.8) is 0 Å². The molecule has 2 rings (SSSR count). The number of hydrogen-bond donors (Lipinski definition) is 0. The molecule has 1 nitrogen and oxygen atoms in total. The van der Waals surface area contributed by atoms with Crippen molar-refractivity contribution in [2.24, 2.45) is 17.8 Å². The lowest BCUT2D eigenvalue weighted by Crippen LogP contribution is -2.14.